The third-order valence-electron chi connectivity index (χ3n) is 9.52. The number of carbonyl (C=O) groups is 2. The maximum atomic E-state index is 13.0. The zero-order valence-corrected chi connectivity index (χ0v) is 29.3. The number of benzene rings is 6. The van der Waals surface area contributed by atoms with E-state index < -0.39 is 0 Å². The highest BCUT2D eigenvalue weighted by atomic mass is 16.5. The highest BCUT2D eigenvalue weighted by Crippen LogP contribution is 2.35. The van der Waals surface area contributed by atoms with Crippen LogP contribution in [0.2, 0.25) is 0 Å². The fraction of sp³-hybridized carbons (Fsp3) is 0.174. The van der Waals surface area contributed by atoms with Gasteiger partial charge in [-0.25, -0.2) is 0 Å². The predicted octanol–water partition coefficient (Wildman–Crippen LogP) is 11.9. The van der Waals surface area contributed by atoms with Crippen LogP contribution in [0.5, 0.6) is 23.0 Å². The van der Waals surface area contributed by atoms with Gasteiger partial charge >= 0.3 is 0 Å². The lowest BCUT2D eigenvalue weighted by atomic mass is 9.78. The third-order valence-corrected chi connectivity index (χ3v) is 9.52. The molecular weight excluding hydrogens is 617 g/mol. The topological polar surface area (TPSA) is 52.6 Å². The molecule has 6 aromatic carbocycles. The van der Waals surface area contributed by atoms with Crippen molar-refractivity contribution in [2.75, 3.05) is 0 Å². The summed E-state index contributed by atoms with van der Waals surface area (Å²) in [7, 11) is 0. The second-order valence-corrected chi connectivity index (χ2v) is 13.4. The summed E-state index contributed by atoms with van der Waals surface area (Å²) in [6.45, 7) is 10.7. The molecule has 6 rings (SSSR count). The van der Waals surface area contributed by atoms with Crippen molar-refractivity contribution < 1.29 is 19.1 Å². The molecule has 0 aliphatic rings. The first kappa shape index (κ1) is 34.1. The van der Waals surface area contributed by atoms with E-state index in [1.54, 1.807) is 12.1 Å². The van der Waals surface area contributed by atoms with Crippen LogP contribution in [0.3, 0.4) is 0 Å². The average Bonchev–Trinajstić information content (AvgIpc) is 3.15. The molecule has 0 amide bonds. The summed E-state index contributed by atoms with van der Waals surface area (Å²) in [5, 5.41) is 0. The van der Waals surface area contributed by atoms with Gasteiger partial charge in [0.25, 0.3) is 0 Å². The Bertz CT molecular complexity index is 2050. The molecule has 0 saturated heterocycles. The normalized spacial score (nSPS) is 11.9. The lowest BCUT2D eigenvalue weighted by Gasteiger charge is -2.26. The fourth-order valence-corrected chi connectivity index (χ4v) is 5.90. The van der Waals surface area contributed by atoms with Gasteiger partial charge in [-0.2, -0.15) is 0 Å². The van der Waals surface area contributed by atoms with E-state index in [-0.39, 0.29) is 17.0 Å². The summed E-state index contributed by atoms with van der Waals surface area (Å²) >= 11 is 0. The predicted molar refractivity (Wildman–Crippen MR) is 201 cm³/mol. The minimum Gasteiger partial charge on any atom is -0.457 e. The van der Waals surface area contributed by atoms with Crippen LogP contribution in [0.1, 0.15) is 94.1 Å². The van der Waals surface area contributed by atoms with Gasteiger partial charge in [0.2, 0.25) is 0 Å². The molecule has 0 aliphatic carbocycles. The van der Waals surface area contributed by atoms with Crippen LogP contribution in [0.25, 0.3) is 0 Å². The van der Waals surface area contributed by atoms with Crippen LogP contribution in [0, 0.1) is 6.92 Å². The van der Waals surface area contributed by atoms with E-state index in [1.165, 1.54) is 5.56 Å². The maximum Gasteiger partial charge on any atom is 0.193 e. The van der Waals surface area contributed by atoms with E-state index in [0.29, 0.717) is 39.7 Å². The van der Waals surface area contributed by atoms with Crippen molar-refractivity contribution in [3.8, 4) is 23.0 Å². The molecule has 50 heavy (non-hydrogen) atoms. The van der Waals surface area contributed by atoms with Gasteiger partial charge in [0, 0.05) is 27.7 Å². The number of ketones is 2. The minimum atomic E-state index is -0.260. The van der Waals surface area contributed by atoms with E-state index in [2.05, 4.69) is 52.0 Å². The molecule has 0 N–H and O–H groups in total. The Balaban J connectivity index is 1.05. The van der Waals surface area contributed by atoms with Crippen LogP contribution >= 0.6 is 0 Å². The van der Waals surface area contributed by atoms with Crippen molar-refractivity contribution in [1.29, 1.82) is 0 Å². The van der Waals surface area contributed by atoms with Crippen LogP contribution in [0.4, 0.5) is 0 Å². The molecule has 1 unspecified atom stereocenters. The van der Waals surface area contributed by atoms with Gasteiger partial charge in [0.15, 0.2) is 11.6 Å². The van der Waals surface area contributed by atoms with Gasteiger partial charge in [0.05, 0.1) is 0 Å². The number of ether oxygens (including phenoxy) is 2. The van der Waals surface area contributed by atoms with Gasteiger partial charge in [-0.15, -0.1) is 0 Å². The molecule has 0 aliphatic heterocycles. The lowest BCUT2D eigenvalue weighted by molar-refractivity contribution is 0.103. The summed E-state index contributed by atoms with van der Waals surface area (Å²) < 4.78 is 12.2. The molecule has 0 saturated carbocycles. The molecule has 0 heterocycles. The maximum absolute atomic E-state index is 13.0. The van der Waals surface area contributed by atoms with Gasteiger partial charge < -0.3 is 9.47 Å². The Labute approximate surface area is 295 Å². The molecule has 0 radical (unpaired) electrons. The average molecular weight is 659 g/mol. The lowest BCUT2D eigenvalue weighted by Crippen LogP contribution is -2.18. The Morgan fingerprint density at radius 3 is 1.14 bits per heavy atom. The summed E-state index contributed by atoms with van der Waals surface area (Å²) in [4.78, 5) is 25.9. The van der Waals surface area contributed by atoms with E-state index in [1.807, 2.05) is 116 Å². The van der Waals surface area contributed by atoms with Crippen LogP contribution < -0.4 is 9.47 Å². The SMILES string of the molecule is CCC(C)c1ccc(C(=O)c2ccc(Oc3ccc(C(C)(C)c4ccc(Oc5ccc(C(=O)c6ccc(C)cc6)cc5)cc4)cc3)cc2)cc1. The first-order valence-electron chi connectivity index (χ1n) is 17.1. The first-order valence-corrected chi connectivity index (χ1v) is 17.1. The van der Waals surface area contributed by atoms with Gasteiger partial charge in [-0.1, -0.05) is 106 Å². The van der Waals surface area contributed by atoms with Crippen molar-refractivity contribution in [3.63, 3.8) is 0 Å². The quantitative estimate of drug-likeness (QED) is 0.123. The molecule has 250 valence electrons. The minimum absolute atomic E-state index is 0.000600. The van der Waals surface area contributed by atoms with E-state index >= 15 is 0 Å². The molecule has 0 spiro atoms. The van der Waals surface area contributed by atoms with Gasteiger partial charge in [-0.05, 0) is 109 Å². The van der Waals surface area contributed by atoms with Crippen molar-refractivity contribution in [1.82, 2.24) is 0 Å². The fourth-order valence-electron chi connectivity index (χ4n) is 5.90. The van der Waals surface area contributed by atoms with E-state index in [0.717, 1.165) is 34.6 Å². The summed E-state index contributed by atoms with van der Waals surface area (Å²) in [5.74, 6) is 3.25. The molecule has 0 aromatic heterocycles. The van der Waals surface area contributed by atoms with E-state index in [4.69, 9.17) is 9.47 Å². The van der Waals surface area contributed by atoms with Gasteiger partial charge in [0.1, 0.15) is 23.0 Å². The van der Waals surface area contributed by atoms with Crippen molar-refractivity contribution in [2.45, 2.75) is 52.4 Å². The highest BCUT2D eigenvalue weighted by Gasteiger charge is 2.23. The molecule has 6 aromatic rings. The number of hydrogen-bond acceptors (Lipinski definition) is 4. The summed E-state index contributed by atoms with van der Waals surface area (Å²) in [5.41, 5.74) is 7.01. The Hall–Kier alpha value is -5.74. The second-order valence-electron chi connectivity index (χ2n) is 13.4. The van der Waals surface area contributed by atoms with E-state index in [9.17, 15) is 9.59 Å². The zero-order valence-electron chi connectivity index (χ0n) is 29.3. The Morgan fingerprint density at radius 2 is 0.800 bits per heavy atom. The Morgan fingerprint density at radius 1 is 0.500 bits per heavy atom. The second kappa shape index (κ2) is 14.8. The van der Waals surface area contributed by atoms with Gasteiger partial charge in [-0.3, -0.25) is 9.59 Å². The molecule has 4 heteroatoms. The highest BCUT2D eigenvalue weighted by molar-refractivity contribution is 6.09. The molecule has 0 bridgehead atoms. The van der Waals surface area contributed by atoms with Crippen molar-refractivity contribution >= 4 is 11.6 Å². The first-order chi connectivity index (χ1) is 24.1. The number of hydrogen-bond donors (Lipinski definition) is 0. The van der Waals surface area contributed by atoms with Crippen LogP contribution in [0.15, 0.2) is 146 Å². The number of carbonyl (C=O) groups excluding carboxylic acids is 2. The summed E-state index contributed by atoms with van der Waals surface area (Å²) in [6.07, 6.45) is 1.07. The molecule has 1 atom stereocenters. The smallest absolute Gasteiger partial charge is 0.193 e. The third kappa shape index (κ3) is 7.76. The Kier molecular flexibility index (Phi) is 10.1. The van der Waals surface area contributed by atoms with Crippen LogP contribution in [-0.4, -0.2) is 11.6 Å². The van der Waals surface area contributed by atoms with Crippen molar-refractivity contribution in [2.24, 2.45) is 0 Å². The van der Waals surface area contributed by atoms with Crippen LogP contribution in [-0.2, 0) is 5.41 Å². The zero-order chi connectivity index (χ0) is 35.3. The summed E-state index contributed by atoms with van der Waals surface area (Å²) in [6, 6.07) is 46.3. The molecular formula is C46H42O4. The van der Waals surface area contributed by atoms with Crippen molar-refractivity contribution in [3.05, 3.63) is 190 Å². The largest absolute Gasteiger partial charge is 0.457 e. The number of rotatable bonds is 12. The standard InChI is InChI=1S/C46H42O4/c1-6-32(3)33-11-13-35(14-12-33)45(48)37-17-25-41(26-18-37)50-43-29-21-39(22-30-43)46(4,5)38-19-27-42(28-20-38)49-40-23-15-36(16-24-40)44(47)34-9-7-31(2)8-10-34/h7-30,32H,6H2,1-5H3. The molecule has 4 nitrogen and oxygen atoms in total. The monoisotopic (exact) mass is 658 g/mol. The number of aryl methyl sites for hydroxylation is 1. The molecule has 0 fully saturated rings.